The van der Waals surface area contributed by atoms with Crippen molar-refractivity contribution in [2.45, 2.75) is 23.9 Å². The van der Waals surface area contributed by atoms with Crippen molar-refractivity contribution in [3.8, 4) is 0 Å². The van der Waals surface area contributed by atoms with Gasteiger partial charge in [-0.15, -0.1) is 0 Å². The number of piperidine rings is 1. The number of Topliss-reactive ketones (excluding diaryl/α,β-unsaturated/α-hetero) is 1. The Kier molecular flexibility index (Phi) is 5.38. The summed E-state index contributed by atoms with van der Waals surface area (Å²) in [6, 6.07) is 27.7. The van der Waals surface area contributed by atoms with Gasteiger partial charge in [0.1, 0.15) is 0 Å². The van der Waals surface area contributed by atoms with Gasteiger partial charge in [-0.05, 0) is 34.4 Å². The van der Waals surface area contributed by atoms with Gasteiger partial charge in [0, 0.05) is 36.9 Å². The number of hydrogen-bond acceptors (Lipinski definition) is 4. The van der Waals surface area contributed by atoms with Crippen molar-refractivity contribution < 1.29 is 4.79 Å². The third-order valence-electron chi connectivity index (χ3n) is 6.04. The van der Waals surface area contributed by atoms with Crippen molar-refractivity contribution in [1.82, 2.24) is 15.3 Å². The maximum Gasteiger partial charge on any atom is 0.151 e. The summed E-state index contributed by atoms with van der Waals surface area (Å²) in [6.45, 7) is 0. The molecule has 2 aromatic heterocycles. The SMILES string of the molecule is O=C1[C@H](c2ccccc2)[C@H](c2cccnc2)N[C@@H](c2cccnc2)[C@H]1c1ccccc1. The summed E-state index contributed by atoms with van der Waals surface area (Å²) >= 11 is 0. The molecular formula is C27H23N3O. The van der Waals surface area contributed by atoms with E-state index >= 15 is 0 Å². The van der Waals surface area contributed by atoms with Crippen molar-refractivity contribution in [1.29, 1.82) is 0 Å². The van der Waals surface area contributed by atoms with Crippen LogP contribution in [0.5, 0.6) is 0 Å². The number of rotatable bonds is 4. The second kappa shape index (κ2) is 8.62. The molecule has 0 radical (unpaired) electrons. The van der Waals surface area contributed by atoms with E-state index in [9.17, 15) is 4.79 Å². The molecule has 0 saturated carbocycles. The molecule has 4 nitrogen and oxygen atoms in total. The average molecular weight is 406 g/mol. The summed E-state index contributed by atoms with van der Waals surface area (Å²) in [5, 5.41) is 3.81. The molecule has 1 aliphatic rings. The smallest absolute Gasteiger partial charge is 0.151 e. The zero-order valence-corrected chi connectivity index (χ0v) is 17.0. The lowest BCUT2D eigenvalue weighted by Crippen LogP contribution is -2.46. The molecule has 31 heavy (non-hydrogen) atoms. The van der Waals surface area contributed by atoms with Crippen LogP contribution in [0.1, 0.15) is 46.2 Å². The summed E-state index contributed by atoms with van der Waals surface area (Å²) in [5.74, 6) is -0.425. The monoisotopic (exact) mass is 405 g/mol. The van der Waals surface area contributed by atoms with E-state index in [0.29, 0.717) is 0 Å². The van der Waals surface area contributed by atoms with Crippen LogP contribution in [0.25, 0.3) is 0 Å². The molecule has 0 unspecified atom stereocenters. The minimum absolute atomic E-state index is 0.186. The van der Waals surface area contributed by atoms with Crippen molar-refractivity contribution in [2.24, 2.45) is 0 Å². The lowest BCUT2D eigenvalue weighted by molar-refractivity contribution is -0.125. The van der Waals surface area contributed by atoms with Crippen molar-refractivity contribution in [2.75, 3.05) is 0 Å². The largest absolute Gasteiger partial charge is 0.301 e. The number of nitrogens with zero attached hydrogens (tertiary/aromatic N) is 2. The first kappa shape index (κ1) is 19.3. The highest BCUT2D eigenvalue weighted by Crippen LogP contribution is 2.46. The molecule has 1 fully saturated rings. The summed E-state index contributed by atoms with van der Waals surface area (Å²) in [6.07, 6.45) is 7.22. The number of ketones is 1. The highest BCUT2D eigenvalue weighted by Gasteiger charge is 2.46. The van der Waals surface area contributed by atoms with E-state index in [-0.39, 0.29) is 29.7 Å². The fraction of sp³-hybridized carbons (Fsp3) is 0.148. The molecule has 152 valence electrons. The van der Waals surface area contributed by atoms with Gasteiger partial charge in [0.25, 0.3) is 0 Å². The number of pyridine rings is 2. The quantitative estimate of drug-likeness (QED) is 0.519. The topological polar surface area (TPSA) is 54.9 Å². The Labute approximate surface area is 182 Å². The zero-order valence-electron chi connectivity index (χ0n) is 17.0. The van der Waals surface area contributed by atoms with Crippen molar-refractivity contribution in [3.63, 3.8) is 0 Å². The molecule has 4 heteroatoms. The normalized spacial score (nSPS) is 23.4. The molecule has 4 atom stereocenters. The van der Waals surface area contributed by atoms with E-state index in [1.165, 1.54) is 0 Å². The Morgan fingerprint density at radius 2 is 0.968 bits per heavy atom. The van der Waals surface area contributed by atoms with Crippen LogP contribution in [-0.4, -0.2) is 15.8 Å². The Balaban J connectivity index is 1.67. The van der Waals surface area contributed by atoms with Gasteiger partial charge in [-0.25, -0.2) is 0 Å². The van der Waals surface area contributed by atoms with Crippen LogP contribution in [-0.2, 0) is 4.79 Å². The Hall–Kier alpha value is -3.63. The number of carbonyl (C=O) groups excluding carboxylic acids is 1. The third-order valence-corrected chi connectivity index (χ3v) is 6.04. The van der Waals surface area contributed by atoms with Gasteiger partial charge < -0.3 is 5.32 Å². The molecule has 3 heterocycles. The highest BCUT2D eigenvalue weighted by molar-refractivity contribution is 5.94. The number of hydrogen-bond donors (Lipinski definition) is 1. The van der Waals surface area contributed by atoms with Crippen LogP contribution >= 0.6 is 0 Å². The molecule has 1 aliphatic heterocycles. The predicted octanol–water partition coefficient (Wildman–Crippen LogP) is 5.00. The fourth-order valence-corrected chi connectivity index (χ4v) is 4.64. The van der Waals surface area contributed by atoms with Gasteiger partial charge in [-0.3, -0.25) is 14.8 Å². The summed E-state index contributed by atoms with van der Waals surface area (Å²) < 4.78 is 0. The number of benzene rings is 2. The van der Waals surface area contributed by atoms with Crippen LogP contribution in [0.2, 0.25) is 0 Å². The maximum absolute atomic E-state index is 14.2. The van der Waals surface area contributed by atoms with E-state index in [1.54, 1.807) is 12.4 Å². The second-order valence-electron chi connectivity index (χ2n) is 7.87. The van der Waals surface area contributed by atoms with E-state index < -0.39 is 0 Å². The molecular weight excluding hydrogens is 382 g/mol. The van der Waals surface area contributed by atoms with Crippen molar-refractivity contribution >= 4 is 5.78 Å². The second-order valence-corrected chi connectivity index (χ2v) is 7.87. The highest BCUT2D eigenvalue weighted by atomic mass is 16.1. The van der Waals surface area contributed by atoms with E-state index in [4.69, 9.17) is 0 Å². The van der Waals surface area contributed by atoms with Crippen LogP contribution in [0.4, 0.5) is 0 Å². The Morgan fingerprint density at radius 1 is 0.548 bits per heavy atom. The molecule has 4 aromatic rings. The first-order chi connectivity index (χ1) is 15.3. The Bertz CT molecular complexity index is 1040. The lowest BCUT2D eigenvalue weighted by Gasteiger charge is -2.42. The molecule has 2 aromatic carbocycles. The molecule has 0 amide bonds. The molecule has 1 saturated heterocycles. The van der Waals surface area contributed by atoms with Crippen molar-refractivity contribution in [3.05, 3.63) is 132 Å². The van der Waals surface area contributed by atoms with Crippen LogP contribution in [0.3, 0.4) is 0 Å². The van der Waals surface area contributed by atoms with E-state index in [1.807, 2.05) is 97.3 Å². The maximum atomic E-state index is 14.2. The fourth-order valence-electron chi connectivity index (χ4n) is 4.64. The third kappa shape index (κ3) is 3.78. The van der Waals surface area contributed by atoms with Gasteiger partial charge in [0.2, 0.25) is 0 Å². The minimum atomic E-state index is -0.316. The number of nitrogens with one attached hydrogen (secondary N) is 1. The van der Waals surface area contributed by atoms with Gasteiger partial charge >= 0.3 is 0 Å². The molecule has 0 bridgehead atoms. The Morgan fingerprint density at radius 3 is 1.35 bits per heavy atom. The van der Waals surface area contributed by atoms with Gasteiger partial charge in [0.15, 0.2) is 5.78 Å². The lowest BCUT2D eigenvalue weighted by atomic mass is 9.70. The van der Waals surface area contributed by atoms with E-state index in [0.717, 1.165) is 22.3 Å². The van der Waals surface area contributed by atoms with E-state index in [2.05, 4.69) is 15.3 Å². The molecule has 1 N–H and O–H groups in total. The molecule has 5 rings (SSSR count). The number of aromatic nitrogens is 2. The molecule has 0 spiro atoms. The van der Waals surface area contributed by atoms with Crippen LogP contribution < -0.4 is 5.32 Å². The number of carbonyl (C=O) groups is 1. The summed E-state index contributed by atoms with van der Waals surface area (Å²) in [7, 11) is 0. The molecule has 0 aliphatic carbocycles. The first-order valence-corrected chi connectivity index (χ1v) is 10.5. The van der Waals surface area contributed by atoms with Crippen LogP contribution in [0.15, 0.2) is 110 Å². The van der Waals surface area contributed by atoms with Gasteiger partial charge in [-0.2, -0.15) is 0 Å². The first-order valence-electron chi connectivity index (χ1n) is 10.5. The summed E-state index contributed by atoms with van der Waals surface area (Å²) in [5.41, 5.74) is 4.04. The van der Waals surface area contributed by atoms with Gasteiger partial charge in [0.05, 0.1) is 11.8 Å². The minimum Gasteiger partial charge on any atom is -0.301 e. The van der Waals surface area contributed by atoms with Gasteiger partial charge in [-0.1, -0.05) is 72.8 Å². The predicted molar refractivity (Wildman–Crippen MR) is 120 cm³/mol. The zero-order chi connectivity index (χ0) is 21.0. The van der Waals surface area contributed by atoms with Crippen LogP contribution in [0, 0.1) is 0 Å². The standard InChI is InChI=1S/C27H23N3O/c31-27-23(19-9-3-1-4-10-19)25(21-13-7-15-28-17-21)30-26(22-14-8-16-29-18-22)24(27)20-11-5-2-6-12-20/h1-18,23-26,30H/t23-,24-,25+,26+/m1/s1. The average Bonchev–Trinajstić information content (AvgIpc) is 2.85. The summed E-state index contributed by atoms with van der Waals surface area (Å²) in [4.78, 5) is 22.9.